The lowest BCUT2D eigenvalue weighted by Crippen LogP contribution is -2.32. The number of nitrogens with two attached hydrogens (primary N) is 1. The Labute approximate surface area is 119 Å². The number of hydrogen-bond acceptors (Lipinski definition) is 4. The summed E-state index contributed by atoms with van der Waals surface area (Å²) >= 11 is 0. The van der Waals surface area contributed by atoms with E-state index in [1.807, 2.05) is 6.07 Å². The molecule has 0 spiro atoms. The fourth-order valence-electron chi connectivity index (χ4n) is 1.70. The fraction of sp³-hybridized carbons (Fsp3) is 0.533. The number of methoxy groups -OCH3 is 1. The Morgan fingerprint density at radius 1 is 1.35 bits per heavy atom. The largest absolute Gasteiger partial charge is 0.493 e. The monoisotopic (exact) mass is 281 g/mol. The fourth-order valence-corrected chi connectivity index (χ4v) is 1.70. The Bertz CT molecular complexity index is 445. The molecule has 0 aliphatic carbocycles. The van der Waals surface area contributed by atoms with Crippen LogP contribution >= 0.6 is 0 Å². The normalized spacial score (nSPS) is 12.2. The molecule has 1 atom stereocenters. The highest BCUT2D eigenvalue weighted by molar-refractivity contribution is 5.73. The van der Waals surface area contributed by atoms with E-state index in [1.165, 1.54) is 0 Å². The van der Waals surface area contributed by atoms with Gasteiger partial charge in [0.15, 0.2) is 11.5 Å². The third-order valence-electron chi connectivity index (χ3n) is 2.95. The lowest BCUT2D eigenvalue weighted by molar-refractivity contribution is -0.138. The molecule has 3 N–H and O–H groups in total. The summed E-state index contributed by atoms with van der Waals surface area (Å²) in [5.74, 6) is 0.833. The average Bonchev–Trinajstić information content (AvgIpc) is 2.39. The van der Waals surface area contributed by atoms with Crippen molar-refractivity contribution in [1.29, 1.82) is 0 Å². The van der Waals surface area contributed by atoms with Gasteiger partial charge in [-0.1, -0.05) is 19.9 Å². The van der Waals surface area contributed by atoms with Crippen molar-refractivity contribution in [2.45, 2.75) is 32.7 Å². The predicted octanol–water partition coefficient (Wildman–Crippen LogP) is 2.07. The van der Waals surface area contributed by atoms with Gasteiger partial charge in [-0.15, -0.1) is 0 Å². The van der Waals surface area contributed by atoms with Crippen LogP contribution in [0.3, 0.4) is 0 Å². The molecule has 0 saturated heterocycles. The van der Waals surface area contributed by atoms with Crippen LogP contribution in [0.5, 0.6) is 11.5 Å². The van der Waals surface area contributed by atoms with Crippen molar-refractivity contribution in [2.75, 3.05) is 13.7 Å². The lowest BCUT2D eigenvalue weighted by Gasteiger charge is -2.14. The quantitative estimate of drug-likeness (QED) is 0.762. The van der Waals surface area contributed by atoms with Gasteiger partial charge < -0.3 is 20.3 Å². The number of carboxylic acid groups (broad SMARTS) is 1. The van der Waals surface area contributed by atoms with Gasteiger partial charge in [0.2, 0.25) is 0 Å². The second-order valence-corrected chi connectivity index (χ2v) is 5.17. The molecule has 0 heterocycles. The minimum Gasteiger partial charge on any atom is -0.493 e. The molecule has 5 heteroatoms. The van der Waals surface area contributed by atoms with Crippen LogP contribution in [0.15, 0.2) is 18.2 Å². The number of ether oxygens (including phenoxy) is 2. The molecule has 0 aliphatic rings. The standard InChI is InChI=1S/C15H23NO4/c1-10(2)6-7-20-13-5-4-11(9-14(13)19-3)8-12(16)15(17)18/h4-5,9-10,12H,6-8,16H2,1-3H3,(H,17,18). The zero-order valence-electron chi connectivity index (χ0n) is 12.3. The molecule has 1 aromatic carbocycles. The van der Waals surface area contributed by atoms with Crippen LogP contribution in [0, 0.1) is 5.92 Å². The maximum absolute atomic E-state index is 10.7. The van der Waals surface area contributed by atoms with E-state index in [9.17, 15) is 4.79 Å². The zero-order chi connectivity index (χ0) is 15.1. The topological polar surface area (TPSA) is 81.8 Å². The molecular weight excluding hydrogens is 258 g/mol. The number of carbonyl (C=O) groups is 1. The average molecular weight is 281 g/mol. The van der Waals surface area contributed by atoms with E-state index in [4.69, 9.17) is 20.3 Å². The maximum atomic E-state index is 10.7. The van der Waals surface area contributed by atoms with E-state index in [0.717, 1.165) is 12.0 Å². The number of benzene rings is 1. The second-order valence-electron chi connectivity index (χ2n) is 5.17. The van der Waals surface area contributed by atoms with Crippen LogP contribution in [0.25, 0.3) is 0 Å². The number of hydrogen-bond donors (Lipinski definition) is 2. The van der Waals surface area contributed by atoms with Crippen molar-refractivity contribution < 1.29 is 19.4 Å². The molecule has 0 bridgehead atoms. The molecule has 0 amide bonds. The van der Waals surface area contributed by atoms with Crippen molar-refractivity contribution in [3.05, 3.63) is 23.8 Å². The summed E-state index contributed by atoms with van der Waals surface area (Å²) in [5.41, 5.74) is 6.33. The molecule has 0 radical (unpaired) electrons. The Morgan fingerprint density at radius 2 is 2.05 bits per heavy atom. The molecule has 0 aliphatic heterocycles. The van der Waals surface area contributed by atoms with Gasteiger partial charge in [0.1, 0.15) is 6.04 Å². The van der Waals surface area contributed by atoms with E-state index >= 15 is 0 Å². The van der Waals surface area contributed by atoms with Gasteiger partial charge in [-0.3, -0.25) is 4.79 Å². The number of aliphatic carboxylic acids is 1. The predicted molar refractivity (Wildman–Crippen MR) is 77.3 cm³/mol. The van der Waals surface area contributed by atoms with E-state index in [-0.39, 0.29) is 6.42 Å². The maximum Gasteiger partial charge on any atom is 0.320 e. The first-order valence-electron chi connectivity index (χ1n) is 6.72. The van der Waals surface area contributed by atoms with Gasteiger partial charge in [-0.2, -0.15) is 0 Å². The van der Waals surface area contributed by atoms with Gasteiger partial charge in [0.05, 0.1) is 13.7 Å². The van der Waals surface area contributed by atoms with E-state index in [0.29, 0.717) is 24.0 Å². The molecule has 0 saturated carbocycles. The highest BCUT2D eigenvalue weighted by atomic mass is 16.5. The van der Waals surface area contributed by atoms with Gasteiger partial charge >= 0.3 is 5.97 Å². The van der Waals surface area contributed by atoms with Crippen LogP contribution < -0.4 is 15.2 Å². The van der Waals surface area contributed by atoms with E-state index in [2.05, 4.69) is 13.8 Å². The van der Waals surface area contributed by atoms with E-state index in [1.54, 1.807) is 19.2 Å². The highest BCUT2D eigenvalue weighted by Crippen LogP contribution is 2.28. The molecule has 20 heavy (non-hydrogen) atoms. The summed E-state index contributed by atoms with van der Waals surface area (Å²) in [6.07, 6.45) is 1.23. The van der Waals surface area contributed by atoms with Crippen LogP contribution in [-0.2, 0) is 11.2 Å². The minimum absolute atomic E-state index is 0.262. The first kappa shape index (κ1) is 16.3. The minimum atomic E-state index is -1.01. The zero-order valence-corrected chi connectivity index (χ0v) is 12.3. The Morgan fingerprint density at radius 3 is 2.60 bits per heavy atom. The van der Waals surface area contributed by atoms with Crippen LogP contribution in [0.2, 0.25) is 0 Å². The van der Waals surface area contributed by atoms with Crippen LogP contribution in [0.4, 0.5) is 0 Å². The smallest absolute Gasteiger partial charge is 0.320 e. The van der Waals surface area contributed by atoms with Crippen molar-refractivity contribution in [1.82, 2.24) is 0 Å². The third kappa shape index (κ3) is 5.09. The first-order chi connectivity index (χ1) is 9.43. The van der Waals surface area contributed by atoms with Crippen LogP contribution in [-0.4, -0.2) is 30.8 Å². The highest BCUT2D eigenvalue weighted by Gasteiger charge is 2.14. The first-order valence-corrected chi connectivity index (χ1v) is 6.72. The molecule has 0 fully saturated rings. The molecule has 1 aromatic rings. The second kappa shape index (κ2) is 7.75. The summed E-state index contributed by atoms with van der Waals surface area (Å²) < 4.78 is 10.9. The SMILES string of the molecule is COc1cc(CC(N)C(=O)O)ccc1OCCC(C)C. The molecule has 5 nitrogen and oxygen atoms in total. The molecule has 1 unspecified atom stereocenters. The van der Waals surface area contributed by atoms with Gasteiger partial charge in [0.25, 0.3) is 0 Å². The summed E-state index contributed by atoms with van der Waals surface area (Å²) in [4.78, 5) is 10.7. The van der Waals surface area contributed by atoms with Crippen molar-refractivity contribution >= 4 is 5.97 Å². The molecule has 112 valence electrons. The summed E-state index contributed by atoms with van der Waals surface area (Å²) in [6.45, 7) is 4.90. The number of rotatable bonds is 8. The van der Waals surface area contributed by atoms with Crippen molar-refractivity contribution in [3.63, 3.8) is 0 Å². The summed E-state index contributed by atoms with van der Waals surface area (Å²) in [7, 11) is 1.56. The van der Waals surface area contributed by atoms with E-state index < -0.39 is 12.0 Å². The van der Waals surface area contributed by atoms with Crippen LogP contribution in [0.1, 0.15) is 25.8 Å². The number of carboxylic acids is 1. The van der Waals surface area contributed by atoms with Crippen molar-refractivity contribution in [2.24, 2.45) is 11.7 Å². The third-order valence-corrected chi connectivity index (χ3v) is 2.95. The summed E-state index contributed by atoms with van der Waals surface area (Å²) in [5, 5.41) is 8.81. The van der Waals surface area contributed by atoms with Gasteiger partial charge in [0, 0.05) is 0 Å². The Balaban J connectivity index is 2.72. The molecule has 0 aromatic heterocycles. The van der Waals surface area contributed by atoms with Gasteiger partial charge in [-0.25, -0.2) is 0 Å². The summed E-state index contributed by atoms with van der Waals surface area (Å²) in [6, 6.07) is 4.47. The molecular formula is C15H23NO4. The molecule has 1 rings (SSSR count). The Hall–Kier alpha value is -1.75. The van der Waals surface area contributed by atoms with Crippen molar-refractivity contribution in [3.8, 4) is 11.5 Å². The lowest BCUT2D eigenvalue weighted by atomic mass is 10.1. The van der Waals surface area contributed by atoms with Gasteiger partial charge in [-0.05, 0) is 36.5 Å². The Kier molecular flexibility index (Phi) is 6.31.